The number of fused-ring (bicyclic) bond motifs is 2. The van der Waals surface area contributed by atoms with E-state index in [9.17, 15) is 4.79 Å². The van der Waals surface area contributed by atoms with Crippen molar-refractivity contribution in [1.29, 1.82) is 0 Å². The molecule has 1 atom stereocenters. The molecule has 0 aliphatic rings. The van der Waals surface area contributed by atoms with Gasteiger partial charge in [-0.15, -0.1) is 11.3 Å². The number of aromatic nitrogens is 4. The van der Waals surface area contributed by atoms with Crippen LogP contribution in [0.25, 0.3) is 31.8 Å². The third kappa shape index (κ3) is 6.29. The van der Waals surface area contributed by atoms with Gasteiger partial charge >= 0.3 is 6.09 Å². The van der Waals surface area contributed by atoms with Crippen LogP contribution in [0, 0.1) is 12.7 Å². The van der Waals surface area contributed by atoms with Gasteiger partial charge in [-0.25, -0.2) is 24.1 Å². The van der Waals surface area contributed by atoms with E-state index in [1.165, 1.54) is 36.9 Å². The number of pyridine rings is 1. The van der Waals surface area contributed by atoms with Crippen LogP contribution in [0.3, 0.4) is 0 Å². The van der Waals surface area contributed by atoms with Crippen LogP contribution in [0.2, 0.25) is 5.02 Å². The van der Waals surface area contributed by atoms with E-state index in [0.29, 0.717) is 49.9 Å². The molecule has 0 saturated heterocycles. The van der Waals surface area contributed by atoms with Crippen LogP contribution < -0.4 is 14.8 Å². The molecule has 41 heavy (non-hydrogen) atoms. The number of benzene rings is 2. The molecule has 212 valence electrons. The van der Waals surface area contributed by atoms with Gasteiger partial charge in [-0.3, -0.25) is 10.3 Å². The lowest BCUT2D eigenvalue weighted by Gasteiger charge is -2.15. The van der Waals surface area contributed by atoms with Gasteiger partial charge in [0.25, 0.3) is 0 Å². The second-order valence-corrected chi connectivity index (χ2v) is 10.5. The molecule has 2 N–H and O–H groups in total. The fourth-order valence-corrected chi connectivity index (χ4v) is 5.36. The minimum absolute atomic E-state index is 0.0165. The number of nitrogens with zero attached hydrogens (tertiary/aromatic N) is 4. The Labute approximate surface area is 243 Å². The number of amides is 1. The molecule has 3 heterocycles. The number of halogens is 2. The number of rotatable bonds is 9. The summed E-state index contributed by atoms with van der Waals surface area (Å²) in [6, 6.07) is 8.70. The minimum Gasteiger partial charge on any atom is -0.487 e. The summed E-state index contributed by atoms with van der Waals surface area (Å²) >= 11 is 7.69. The number of methoxy groups -OCH3 is 1. The Morgan fingerprint density at radius 2 is 2.00 bits per heavy atom. The highest BCUT2D eigenvalue weighted by Crippen LogP contribution is 2.40. The molecule has 13 heteroatoms. The average molecular weight is 598 g/mol. The zero-order chi connectivity index (χ0) is 29.1. The van der Waals surface area contributed by atoms with Crippen molar-refractivity contribution < 1.29 is 28.5 Å². The molecular weight excluding hydrogens is 573 g/mol. The summed E-state index contributed by atoms with van der Waals surface area (Å²) in [5, 5.41) is 12.0. The normalized spacial score (nSPS) is 12.0. The minimum atomic E-state index is -0.764. The number of hydrogen-bond acceptors (Lipinski definition) is 10. The molecule has 1 amide bonds. The van der Waals surface area contributed by atoms with Crippen LogP contribution in [0.4, 0.5) is 14.9 Å². The lowest BCUT2D eigenvalue weighted by atomic mass is 10.1. The second kappa shape index (κ2) is 12.2. The Morgan fingerprint density at radius 3 is 2.73 bits per heavy atom. The van der Waals surface area contributed by atoms with Gasteiger partial charge in [-0.2, -0.15) is 0 Å². The first kappa shape index (κ1) is 28.4. The topological polar surface area (TPSA) is 129 Å². The van der Waals surface area contributed by atoms with Crippen molar-refractivity contribution in [3.8, 4) is 22.2 Å². The fraction of sp³-hybridized carbons (Fsp3) is 0.250. The van der Waals surface area contributed by atoms with E-state index in [1.54, 1.807) is 19.1 Å². The number of aliphatic hydroxyl groups is 1. The predicted octanol–water partition coefficient (Wildman–Crippen LogP) is 5.96. The molecule has 0 saturated carbocycles. The molecule has 5 rings (SSSR count). The summed E-state index contributed by atoms with van der Waals surface area (Å²) in [4.78, 5) is 30.0. The number of carbonyl (C=O) groups is 1. The van der Waals surface area contributed by atoms with E-state index < -0.39 is 18.0 Å². The predicted molar refractivity (Wildman–Crippen MR) is 154 cm³/mol. The van der Waals surface area contributed by atoms with Gasteiger partial charge in [-0.1, -0.05) is 11.6 Å². The van der Waals surface area contributed by atoms with Gasteiger partial charge in [0, 0.05) is 30.4 Å². The maximum Gasteiger partial charge on any atom is 0.412 e. The Morgan fingerprint density at radius 1 is 1.17 bits per heavy atom. The van der Waals surface area contributed by atoms with Gasteiger partial charge in [0.05, 0.1) is 40.9 Å². The van der Waals surface area contributed by atoms with Crippen LogP contribution in [-0.4, -0.2) is 57.6 Å². The van der Waals surface area contributed by atoms with Gasteiger partial charge in [0.15, 0.2) is 11.6 Å². The van der Waals surface area contributed by atoms with Gasteiger partial charge in [0.2, 0.25) is 5.88 Å². The first-order valence-electron chi connectivity index (χ1n) is 12.5. The Hall–Kier alpha value is -4.13. The molecule has 0 spiro atoms. The number of nitrogens with one attached hydrogen (secondary N) is 1. The standard InChI is InChI=1S/C28H25ClFN5O5S/c1-14-8-18(25-19(9-14)34-22(38-3)12-32-25)27-35-26-21(41-27)10-20(24(30)23(26)29)39-13-15(2)40-28(37)33-17-5-4-16(6-7-36)31-11-17/h4-5,8-12,15,36H,6-7,13H2,1-3H3,(H,33,37)/t15-/m1/s1. The number of hydrogen-bond donors (Lipinski definition) is 2. The van der Waals surface area contributed by atoms with Crippen molar-refractivity contribution >= 4 is 56.0 Å². The molecule has 0 fully saturated rings. The molecule has 0 radical (unpaired) electrons. The molecule has 2 aromatic carbocycles. The molecule has 0 aliphatic heterocycles. The van der Waals surface area contributed by atoms with Crippen LogP contribution in [0.15, 0.2) is 42.7 Å². The number of aryl methyl sites for hydroxylation is 1. The number of thiazole rings is 1. The molecule has 5 aromatic rings. The number of carbonyl (C=O) groups excluding carboxylic acids is 1. The van der Waals surface area contributed by atoms with Crippen LogP contribution in [-0.2, 0) is 11.2 Å². The third-order valence-electron chi connectivity index (χ3n) is 5.96. The maximum atomic E-state index is 15.2. The highest BCUT2D eigenvalue weighted by Gasteiger charge is 2.21. The van der Waals surface area contributed by atoms with E-state index in [4.69, 9.17) is 30.9 Å². The molecule has 3 aromatic heterocycles. The Kier molecular flexibility index (Phi) is 8.43. The Bertz CT molecular complexity index is 1730. The largest absolute Gasteiger partial charge is 0.487 e. The highest BCUT2D eigenvalue weighted by molar-refractivity contribution is 7.21. The van der Waals surface area contributed by atoms with Crippen molar-refractivity contribution in [2.45, 2.75) is 26.4 Å². The summed E-state index contributed by atoms with van der Waals surface area (Å²) in [7, 11) is 1.52. The van der Waals surface area contributed by atoms with Crippen molar-refractivity contribution in [3.63, 3.8) is 0 Å². The van der Waals surface area contributed by atoms with E-state index >= 15 is 4.39 Å². The summed E-state index contributed by atoms with van der Waals surface area (Å²) in [5.74, 6) is -0.456. The molecule has 0 aliphatic carbocycles. The van der Waals surface area contributed by atoms with E-state index in [1.807, 2.05) is 19.1 Å². The zero-order valence-electron chi connectivity index (χ0n) is 22.3. The molecule has 0 bridgehead atoms. The lowest BCUT2D eigenvalue weighted by Crippen LogP contribution is -2.25. The summed E-state index contributed by atoms with van der Waals surface area (Å²) in [5.41, 5.74) is 4.39. The SMILES string of the molecule is COc1cnc2c(-c3nc4c(Cl)c(F)c(OC[C@@H](C)OC(=O)Nc5ccc(CCO)nc5)cc4s3)cc(C)cc2n1. The van der Waals surface area contributed by atoms with E-state index in [0.717, 1.165) is 11.1 Å². The summed E-state index contributed by atoms with van der Waals surface area (Å²) in [6.07, 6.45) is 1.98. The zero-order valence-corrected chi connectivity index (χ0v) is 23.8. The molecule has 10 nitrogen and oxygen atoms in total. The number of aliphatic hydroxyl groups excluding tert-OH is 1. The van der Waals surface area contributed by atoms with Gasteiger partial charge < -0.3 is 19.3 Å². The summed E-state index contributed by atoms with van der Waals surface area (Å²) < 4.78 is 31.9. The third-order valence-corrected chi connectivity index (χ3v) is 7.34. The van der Waals surface area contributed by atoms with Crippen LogP contribution >= 0.6 is 22.9 Å². The first-order chi connectivity index (χ1) is 19.7. The average Bonchev–Trinajstić information content (AvgIpc) is 3.38. The number of anilines is 1. The number of ether oxygens (including phenoxy) is 3. The molecular formula is C28H25ClFN5O5S. The first-order valence-corrected chi connectivity index (χ1v) is 13.7. The maximum absolute atomic E-state index is 15.2. The Balaban J connectivity index is 1.31. The van der Waals surface area contributed by atoms with Crippen molar-refractivity contribution in [3.05, 3.63) is 64.8 Å². The van der Waals surface area contributed by atoms with Crippen LogP contribution in [0.1, 0.15) is 18.2 Å². The van der Waals surface area contributed by atoms with Crippen LogP contribution in [0.5, 0.6) is 11.6 Å². The smallest absolute Gasteiger partial charge is 0.412 e. The fourth-order valence-electron chi connectivity index (χ4n) is 4.04. The van der Waals surface area contributed by atoms with Gasteiger partial charge in [0.1, 0.15) is 28.3 Å². The monoisotopic (exact) mass is 597 g/mol. The lowest BCUT2D eigenvalue weighted by molar-refractivity contribution is 0.0844. The van der Waals surface area contributed by atoms with E-state index in [2.05, 4.69) is 25.3 Å². The summed E-state index contributed by atoms with van der Waals surface area (Å²) in [6.45, 7) is 3.41. The van der Waals surface area contributed by atoms with Gasteiger partial charge in [-0.05, 0) is 43.7 Å². The highest BCUT2D eigenvalue weighted by atomic mass is 35.5. The molecule has 0 unspecified atom stereocenters. The van der Waals surface area contributed by atoms with Crippen molar-refractivity contribution in [2.75, 3.05) is 25.6 Å². The van der Waals surface area contributed by atoms with Crippen molar-refractivity contribution in [1.82, 2.24) is 19.9 Å². The van der Waals surface area contributed by atoms with E-state index in [-0.39, 0.29) is 24.0 Å². The van der Waals surface area contributed by atoms with Crippen molar-refractivity contribution in [2.24, 2.45) is 0 Å². The quantitative estimate of drug-likeness (QED) is 0.211. The second-order valence-electron chi connectivity index (χ2n) is 9.12.